The number of nitrogens with one attached hydrogen (secondary N) is 1. The molecule has 0 spiro atoms. The number of ether oxygens (including phenoxy) is 1. The van der Waals surface area contributed by atoms with Crippen LogP contribution in [0.15, 0.2) is 90.8 Å². The SMILES string of the molecule is Fc1ccc(C(OCCN2CCN(CC3=CN(c4ccccc4)NO3)CC2)c2ccc(F)cc2)cc1. The monoisotopic (exact) mass is 492 g/mol. The van der Waals surface area contributed by atoms with Crippen molar-refractivity contribution in [2.75, 3.05) is 50.9 Å². The highest BCUT2D eigenvalue weighted by Gasteiger charge is 2.22. The molecule has 1 N–H and O–H groups in total. The minimum Gasteiger partial charge on any atom is -0.390 e. The van der Waals surface area contributed by atoms with Crippen LogP contribution in [0.3, 0.4) is 0 Å². The molecule has 2 aliphatic rings. The van der Waals surface area contributed by atoms with Crippen molar-refractivity contribution in [2.45, 2.75) is 6.10 Å². The van der Waals surface area contributed by atoms with E-state index in [1.54, 1.807) is 24.3 Å². The van der Waals surface area contributed by atoms with E-state index in [0.717, 1.165) is 61.8 Å². The van der Waals surface area contributed by atoms with Crippen LogP contribution in [-0.4, -0.2) is 55.7 Å². The van der Waals surface area contributed by atoms with Crippen molar-refractivity contribution < 1.29 is 18.4 Å². The fourth-order valence-corrected chi connectivity index (χ4v) is 4.44. The highest BCUT2D eigenvalue weighted by atomic mass is 19.1. The van der Waals surface area contributed by atoms with E-state index in [-0.39, 0.29) is 17.7 Å². The predicted molar refractivity (Wildman–Crippen MR) is 135 cm³/mol. The van der Waals surface area contributed by atoms with E-state index in [0.29, 0.717) is 6.61 Å². The molecule has 5 rings (SSSR count). The van der Waals surface area contributed by atoms with Crippen LogP contribution in [0.1, 0.15) is 17.2 Å². The number of hydrazine groups is 1. The van der Waals surface area contributed by atoms with Gasteiger partial charge in [-0.15, -0.1) is 0 Å². The lowest BCUT2D eigenvalue weighted by atomic mass is 10.0. The molecule has 2 aliphatic heterocycles. The maximum absolute atomic E-state index is 13.4. The predicted octanol–water partition coefficient (Wildman–Crippen LogP) is 4.49. The molecule has 0 radical (unpaired) electrons. The first-order valence-corrected chi connectivity index (χ1v) is 12.2. The number of piperazine rings is 1. The summed E-state index contributed by atoms with van der Waals surface area (Å²) in [5, 5.41) is 1.88. The lowest BCUT2D eigenvalue weighted by Crippen LogP contribution is -2.47. The standard InChI is InChI=1S/C28H30F2N4O2/c29-24-10-6-22(7-11-24)28(23-8-12-25(30)13-9-23)35-19-18-32-14-16-33(17-15-32)20-27-21-34(31-36-27)26-4-2-1-3-5-26/h1-13,21,28,31H,14-20H2. The summed E-state index contributed by atoms with van der Waals surface area (Å²) in [7, 11) is 0. The molecule has 0 saturated carbocycles. The van der Waals surface area contributed by atoms with Gasteiger partial charge in [-0.05, 0) is 47.5 Å². The van der Waals surface area contributed by atoms with E-state index in [1.807, 2.05) is 41.5 Å². The third-order valence-electron chi connectivity index (χ3n) is 6.46. The minimum absolute atomic E-state index is 0.295. The molecule has 0 aromatic heterocycles. The Bertz CT molecular complexity index is 1090. The highest BCUT2D eigenvalue weighted by Crippen LogP contribution is 2.26. The second kappa shape index (κ2) is 11.6. The van der Waals surface area contributed by atoms with Crippen molar-refractivity contribution in [1.29, 1.82) is 0 Å². The molecule has 0 atom stereocenters. The van der Waals surface area contributed by atoms with Gasteiger partial charge < -0.3 is 9.57 Å². The molecule has 8 heteroatoms. The van der Waals surface area contributed by atoms with Gasteiger partial charge in [0.05, 0.1) is 25.0 Å². The zero-order valence-corrected chi connectivity index (χ0v) is 20.0. The Morgan fingerprint density at radius 1 is 0.778 bits per heavy atom. The Hall–Kier alpha value is -3.30. The highest BCUT2D eigenvalue weighted by molar-refractivity contribution is 5.48. The molecule has 3 aromatic carbocycles. The van der Waals surface area contributed by atoms with Crippen LogP contribution in [0.4, 0.5) is 14.5 Å². The minimum atomic E-state index is -0.376. The van der Waals surface area contributed by atoms with E-state index < -0.39 is 0 Å². The number of hydrogen-bond acceptors (Lipinski definition) is 6. The molecular weight excluding hydrogens is 462 g/mol. The van der Waals surface area contributed by atoms with E-state index >= 15 is 0 Å². The van der Waals surface area contributed by atoms with Crippen molar-refractivity contribution in [2.24, 2.45) is 0 Å². The molecule has 3 aromatic rings. The van der Waals surface area contributed by atoms with Gasteiger partial charge in [0.2, 0.25) is 0 Å². The number of rotatable bonds is 9. The summed E-state index contributed by atoms with van der Waals surface area (Å²) in [5.41, 5.74) is 5.65. The fraction of sp³-hybridized carbons (Fsp3) is 0.286. The van der Waals surface area contributed by atoms with Crippen molar-refractivity contribution in [1.82, 2.24) is 15.4 Å². The first-order valence-electron chi connectivity index (χ1n) is 12.2. The van der Waals surface area contributed by atoms with Crippen molar-refractivity contribution in [3.63, 3.8) is 0 Å². The van der Waals surface area contributed by atoms with Crippen LogP contribution in [0.2, 0.25) is 0 Å². The van der Waals surface area contributed by atoms with Gasteiger partial charge in [0, 0.05) is 32.7 Å². The maximum atomic E-state index is 13.4. The Labute approximate surface area is 210 Å². The third kappa shape index (κ3) is 6.27. The van der Waals surface area contributed by atoms with Gasteiger partial charge in [0.1, 0.15) is 17.7 Å². The molecule has 0 unspecified atom stereocenters. The summed E-state index contributed by atoms with van der Waals surface area (Å²) in [5.74, 6) is 0.297. The largest absolute Gasteiger partial charge is 0.390 e. The first kappa shape index (κ1) is 24.4. The van der Waals surface area contributed by atoms with Crippen LogP contribution < -0.4 is 10.6 Å². The Balaban J connectivity index is 1.10. The second-order valence-corrected chi connectivity index (χ2v) is 8.97. The number of halogens is 2. The van der Waals surface area contributed by atoms with Gasteiger partial charge in [-0.1, -0.05) is 48.1 Å². The Kier molecular flexibility index (Phi) is 7.88. The zero-order valence-electron chi connectivity index (χ0n) is 20.0. The summed E-state index contributed by atoms with van der Waals surface area (Å²) in [6, 6.07) is 22.6. The van der Waals surface area contributed by atoms with Gasteiger partial charge in [0.15, 0.2) is 5.76 Å². The number of anilines is 1. The lowest BCUT2D eigenvalue weighted by molar-refractivity contribution is 0.0419. The van der Waals surface area contributed by atoms with Gasteiger partial charge in [-0.2, -0.15) is 0 Å². The number of para-hydroxylation sites is 1. The van der Waals surface area contributed by atoms with E-state index in [9.17, 15) is 8.78 Å². The third-order valence-corrected chi connectivity index (χ3v) is 6.46. The quantitative estimate of drug-likeness (QED) is 0.475. The molecule has 1 fully saturated rings. The molecule has 6 nitrogen and oxygen atoms in total. The van der Waals surface area contributed by atoms with Crippen LogP contribution >= 0.6 is 0 Å². The van der Waals surface area contributed by atoms with Crippen LogP contribution in [0.5, 0.6) is 0 Å². The number of nitrogens with zero attached hydrogens (tertiary/aromatic N) is 3. The molecular formula is C28H30F2N4O2. The van der Waals surface area contributed by atoms with Gasteiger partial charge in [0.25, 0.3) is 0 Å². The average molecular weight is 493 g/mol. The normalized spacial score (nSPS) is 16.9. The van der Waals surface area contributed by atoms with E-state index in [1.165, 1.54) is 24.3 Å². The maximum Gasteiger partial charge on any atom is 0.158 e. The molecule has 0 amide bonds. The topological polar surface area (TPSA) is 40.2 Å². The summed E-state index contributed by atoms with van der Waals surface area (Å²) in [4.78, 5) is 10.4. The summed E-state index contributed by atoms with van der Waals surface area (Å²) in [6.07, 6.45) is 1.61. The molecule has 2 heterocycles. The van der Waals surface area contributed by atoms with Crippen LogP contribution in [-0.2, 0) is 9.57 Å². The Morgan fingerprint density at radius 2 is 1.36 bits per heavy atom. The summed E-state index contributed by atoms with van der Waals surface area (Å²) >= 11 is 0. The molecule has 36 heavy (non-hydrogen) atoms. The Morgan fingerprint density at radius 3 is 1.97 bits per heavy atom. The summed E-state index contributed by atoms with van der Waals surface area (Å²) < 4.78 is 33.1. The van der Waals surface area contributed by atoms with Crippen molar-refractivity contribution >= 4 is 5.69 Å². The number of hydrogen-bond donors (Lipinski definition) is 1. The molecule has 188 valence electrons. The molecule has 1 saturated heterocycles. The lowest BCUT2D eigenvalue weighted by Gasteiger charge is -2.34. The average Bonchev–Trinajstić information content (AvgIpc) is 3.38. The van der Waals surface area contributed by atoms with Gasteiger partial charge in [-0.3, -0.25) is 9.80 Å². The van der Waals surface area contributed by atoms with E-state index in [2.05, 4.69) is 15.4 Å². The van der Waals surface area contributed by atoms with Crippen LogP contribution in [0, 0.1) is 11.6 Å². The van der Waals surface area contributed by atoms with Crippen molar-refractivity contribution in [3.8, 4) is 0 Å². The smallest absolute Gasteiger partial charge is 0.158 e. The second-order valence-electron chi connectivity index (χ2n) is 8.97. The molecule has 0 bridgehead atoms. The van der Waals surface area contributed by atoms with Crippen molar-refractivity contribution in [3.05, 3.63) is 114 Å². The zero-order chi connectivity index (χ0) is 24.7. The molecule has 0 aliphatic carbocycles. The summed E-state index contributed by atoms with van der Waals surface area (Å²) in [6.45, 7) is 5.79. The van der Waals surface area contributed by atoms with Gasteiger partial charge in [-0.25, -0.2) is 13.8 Å². The number of benzene rings is 3. The fourth-order valence-electron chi connectivity index (χ4n) is 4.44. The van der Waals surface area contributed by atoms with Crippen LogP contribution in [0.25, 0.3) is 0 Å². The van der Waals surface area contributed by atoms with Gasteiger partial charge >= 0.3 is 0 Å². The van der Waals surface area contributed by atoms with E-state index in [4.69, 9.17) is 9.57 Å². The first-order chi connectivity index (χ1) is 17.6.